The van der Waals surface area contributed by atoms with Gasteiger partial charge in [0.2, 0.25) is 0 Å². The van der Waals surface area contributed by atoms with Crippen LogP contribution in [0.25, 0.3) is 22.2 Å². The van der Waals surface area contributed by atoms with Crippen molar-refractivity contribution in [2.75, 3.05) is 33.8 Å². The van der Waals surface area contributed by atoms with Crippen molar-refractivity contribution in [2.24, 2.45) is 0 Å². The van der Waals surface area contributed by atoms with E-state index in [4.69, 9.17) is 23.7 Å². The van der Waals surface area contributed by atoms with E-state index < -0.39 is 11.7 Å². The van der Waals surface area contributed by atoms with Gasteiger partial charge in [0.1, 0.15) is 28.3 Å². The largest absolute Gasteiger partial charge is 0.506 e. The van der Waals surface area contributed by atoms with Crippen molar-refractivity contribution in [3.05, 3.63) is 77.5 Å². The topological polar surface area (TPSA) is 134 Å². The van der Waals surface area contributed by atoms with Crippen LogP contribution in [0, 0.1) is 19.7 Å². The van der Waals surface area contributed by atoms with Gasteiger partial charge in [0.15, 0.2) is 23.1 Å². The lowest BCUT2D eigenvalue weighted by atomic mass is 9.97. The molecular formula is C32H29FN4O7. The number of pyridine rings is 3. The number of ether oxygens (including phenoxy) is 5. The molecule has 0 aliphatic carbocycles. The maximum Gasteiger partial charge on any atom is 0.261 e. The minimum Gasteiger partial charge on any atom is -0.506 e. The minimum atomic E-state index is -0.750. The number of nitrogens with zero attached hydrogens (tertiary/aromatic N) is 3. The van der Waals surface area contributed by atoms with E-state index in [-0.39, 0.29) is 34.4 Å². The van der Waals surface area contributed by atoms with Crippen LogP contribution in [0.3, 0.4) is 0 Å². The van der Waals surface area contributed by atoms with Gasteiger partial charge in [-0.3, -0.25) is 14.8 Å². The average molecular weight is 601 g/mol. The molecule has 5 aromatic rings. The number of hydrogen-bond acceptors (Lipinski definition) is 10. The SMILES string of the molecule is COc1ccc(-c2c(C)nc(C)c(C(=O)Nc3ccc(Oc4ccnc5cc(OC)c(OC)nc45)c(F)c3)c2O)c(OC)c1. The van der Waals surface area contributed by atoms with E-state index in [1.807, 2.05) is 0 Å². The van der Waals surface area contributed by atoms with E-state index in [0.29, 0.717) is 50.8 Å². The Labute approximate surface area is 252 Å². The highest BCUT2D eigenvalue weighted by Crippen LogP contribution is 2.42. The number of hydrogen-bond donors (Lipinski definition) is 2. The smallest absolute Gasteiger partial charge is 0.261 e. The fourth-order valence-corrected chi connectivity index (χ4v) is 4.79. The second-order valence-electron chi connectivity index (χ2n) is 9.53. The summed E-state index contributed by atoms with van der Waals surface area (Å²) in [6.45, 7) is 3.32. The number of aryl methyl sites for hydroxylation is 2. The molecule has 2 aromatic carbocycles. The Morgan fingerprint density at radius 3 is 2.27 bits per heavy atom. The number of aromatic nitrogens is 3. The minimum absolute atomic E-state index is 0.0667. The summed E-state index contributed by atoms with van der Waals surface area (Å²) in [4.78, 5) is 26.6. The molecule has 0 aliphatic rings. The van der Waals surface area contributed by atoms with Crippen molar-refractivity contribution in [2.45, 2.75) is 13.8 Å². The van der Waals surface area contributed by atoms with Gasteiger partial charge >= 0.3 is 0 Å². The molecule has 3 heterocycles. The van der Waals surface area contributed by atoms with Gasteiger partial charge in [-0.15, -0.1) is 0 Å². The molecule has 0 atom stereocenters. The van der Waals surface area contributed by atoms with Crippen LogP contribution in [-0.2, 0) is 0 Å². The zero-order chi connectivity index (χ0) is 31.5. The highest BCUT2D eigenvalue weighted by Gasteiger charge is 2.24. The predicted octanol–water partition coefficient (Wildman–Crippen LogP) is 6.23. The van der Waals surface area contributed by atoms with Crippen LogP contribution in [0.4, 0.5) is 10.1 Å². The van der Waals surface area contributed by atoms with Crippen LogP contribution in [0.1, 0.15) is 21.7 Å². The van der Waals surface area contributed by atoms with E-state index in [2.05, 4.69) is 20.3 Å². The van der Waals surface area contributed by atoms with Crippen molar-refractivity contribution >= 4 is 22.6 Å². The lowest BCUT2D eigenvalue weighted by molar-refractivity contribution is 0.102. The molecule has 12 heteroatoms. The molecule has 0 saturated heterocycles. The molecule has 5 rings (SSSR count). The lowest BCUT2D eigenvalue weighted by Crippen LogP contribution is -2.15. The summed E-state index contributed by atoms with van der Waals surface area (Å²) in [5.74, 6) is -0.0161. The van der Waals surface area contributed by atoms with E-state index >= 15 is 4.39 Å². The summed E-state index contributed by atoms with van der Waals surface area (Å²) < 4.78 is 42.4. The molecule has 3 aromatic heterocycles. The van der Waals surface area contributed by atoms with Gasteiger partial charge in [-0.2, -0.15) is 0 Å². The van der Waals surface area contributed by atoms with Gasteiger partial charge in [0.25, 0.3) is 11.8 Å². The quantitative estimate of drug-likeness (QED) is 0.200. The molecule has 0 radical (unpaired) electrons. The molecule has 0 unspecified atom stereocenters. The van der Waals surface area contributed by atoms with E-state index in [1.165, 1.54) is 46.8 Å². The Morgan fingerprint density at radius 1 is 0.818 bits per heavy atom. The molecule has 1 amide bonds. The second kappa shape index (κ2) is 12.3. The van der Waals surface area contributed by atoms with Gasteiger partial charge in [0, 0.05) is 53.0 Å². The number of benzene rings is 2. The first-order valence-corrected chi connectivity index (χ1v) is 13.3. The van der Waals surface area contributed by atoms with Crippen LogP contribution in [0.5, 0.6) is 40.4 Å². The first-order valence-electron chi connectivity index (χ1n) is 13.3. The number of aromatic hydroxyl groups is 1. The highest BCUT2D eigenvalue weighted by atomic mass is 19.1. The van der Waals surface area contributed by atoms with Gasteiger partial charge in [-0.1, -0.05) is 0 Å². The van der Waals surface area contributed by atoms with Crippen LogP contribution < -0.4 is 29.0 Å². The number of anilines is 1. The molecule has 2 N–H and O–H groups in total. The molecule has 226 valence electrons. The van der Waals surface area contributed by atoms with Crippen molar-refractivity contribution in [3.63, 3.8) is 0 Å². The molecule has 44 heavy (non-hydrogen) atoms. The van der Waals surface area contributed by atoms with Gasteiger partial charge in [-0.25, -0.2) is 9.37 Å². The number of halogens is 1. The fraction of sp³-hybridized carbons (Fsp3) is 0.188. The van der Waals surface area contributed by atoms with E-state index in [1.54, 1.807) is 44.2 Å². The van der Waals surface area contributed by atoms with Crippen LogP contribution in [0.2, 0.25) is 0 Å². The Kier molecular flexibility index (Phi) is 8.34. The summed E-state index contributed by atoms with van der Waals surface area (Å²) in [6, 6.07) is 12.2. The molecule has 0 aliphatic heterocycles. The van der Waals surface area contributed by atoms with Crippen molar-refractivity contribution < 1.29 is 38.0 Å². The molecule has 0 saturated carbocycles. The number of methoxy groups -OCH3 is 4. The molecular weight excluding hydrogens is 571 g/mol. The summed E-state index contributed by atoms with van der Waals surface area (Å²) >= 11 is 0. The Bertz CT molecular complexity index is 1900. The number of fused-ring (bicyclic) bond motifs is 1. The number of nitrogens with one attached hydrogen (secondary N) is 1. The summed E-state index contributed by atoms with van der Waals surface area (Å²) in [5, 5.41) is 13.9. The van der Waals surface area contributed by atoms with E-state index in [0.717, 1.165) is 6.07 Å². The summed E-state index contributed by atoms with van der Waals surface area (Å²) in [6.07, 6.45) is 1.50. The van der Waals surface area contributed by atoms with Gasteiger partial charge in [-0.05, 0) is 38.1 Å². The van der Waals surface area contributed by atoms with Crippen LogP contribution in [-0.4, -0.2) is 54.4 Å². The number of carbonyl (C=O) groups is 1. The van der Waals surface area contributed by atoms with Crippen molar-refractivity contribution in [3.8, 4) is 51.5 Å². The van der Waals surface area contributed by atoms with E-state index in [9.17, 15) is 9.90 Å². The van der Waals surface area contributed by atoms with Crippen LogP contribution in [0.15, 0.2) is 54.7 Å². The number of carbonyl (C=O) groups excluding carboxylic acids is 1. The average Bonchev–Trinajstić information content (AvgIpc) is 3.01. The molecule has 0 spiro atoms. The monoisotopic (exact) mass is 600 g/mol. The standard InChI is InChI=1S/C32H29FN4O7/c1-16-27(20-9-8-19(40-3)14-25(20)41-4)30(38)28(17(2)35-16)31(39)36-18-7-10-23(21(33)13-18)44-24-11-12-34-22-15-26(42-5)32(43-6)37-29(22)24/h7-15H,1-6H3,(H,35,38)(H,36,39). The fourth-order valence-electron chi connectivity index (χ4n) is 4.79. The van der Waals surface area contributed by atoms with Crippen LogP contribution >= 0.6 is 0 Å². The Morgan fingerprint density at radius 2 is 1.59 bits per heavy atom. The van der Waals surface area contributed by atoms with Crippen molar-refractivity contribution in [1.82, 2.24) is 15.0 Å². The Hall–Kier alpha value is -5.65. The highest BCUT2D eigenvalue weighted by molar-refractivity contribution is 6.08. The normalized spacial score (nSPS) is 10.8. The maximum absolute atomic E-state index is 15.3. The van der Waals surface area contributed by atoms with Crippen molar-refractivity contribution in [1.29, 1.82) is 0 Å². The zero-order valence-electron chi connectivity index (χ0n) is 24.8. The maximum atomic E-state index is 15.3. The summed E-state index contributed by atoms with van der Waals surface area (Å²) in [7, 11) is 5.95. The molecule has 11 nitrogen and oxygen atoms in total. The first-order chi connectivity index (χ1) is 21.2. The third kappa shape index (κ3) is 5.56. The predicted molar refractivity (Wildman–Crippen MR) is 161 cm³/mol. The molecule has 0 fully saturated rings. The van der Waals surface area contributed by atoms with Gasteiger partial charge < -0.3 is 34.1 Å². The third-order valence-corrected chi connectivity index (χ3v) is 6.87. The second-order valence-corrected chi connectivity index (χ2v) is 9.53. The lowest BCUT2D eigenvalue weighted by Gasteiger charge is -2.17. The molecule has 0 bridgehead atoms. The summed E-state index contributed by atoms with van der Waals surface area (Å²) in [5.41, 5.74) is 2.48. The number of amides is 1. The Balaban J connectivity index is 1.43. The first kappa shape index (κ1) is 29.8. The third-order valence-electron chi connectivity index (χ3n) is 6.87. The van der Waals surface area contributed by atoms with Gasteiger partial charge in [0.05, 0.1) is 39.6 Å². The zero-order valence-corrected chi connectivity index (χ0v) is 24.8. The number of rotatable bonds is 9.